The number of aromatic nitrogens is 2. The second-order valence-electron chi connectivity index (χ2n) is 6.87. The van der Waals surface area contributed by atoms with Gasteiger partial charge in [-0.1, -0.05) is 6.07 Å². The Bertz CT molecular complexity index is 1030. The lowest BCUT2D eigenvalue weighted by atomic mass is 10.1. The van der Waals surface area contributed by atoms with Crippen molar-refractivity contribution in [3.05, 3.63) is 60.0 Å². The number of benzene rings is 1. The number of rotatable bonds is 3. The lowest BCUT2D eigenvalue weighted by Crippen LogP contribution is -2.24. The van der Waals surface area contributed by atoms with Gasteiger partial charge in [0.1, 0.15) is 11.8 Å². The van der Waals surface area contributed by atoms with Crippen LogP contribution in [0, 0.1) is 0 Å². The van der Waals surface area contributed by atoms with Crippen molar-refractivity contribution in [3.63, 3.8) is 0 Å². The second-order valence-corrected chi connectivity index (χ2v) is 6.87. The highest BCUT2D eigenvalue weighted by Crippen LogP contribution is 2.29. The number of hydrogen-bond donors (Lipinski definition) is 1. The fraction of sp³-hybridized carbons (Fsp3) is 0.286. The molecule has 0 unspecified atom stereocenters. The molecular formula is C21H20N4O2. The van der Waals surface area contributed by atoms with Crippen molar-refractivity contribution in [2.45, 2.75) is 32.1 Å². The zero-order valence-corrected chi connectivity index (χ0v) is 15.1. The normalized spacial score (nSPS) is 21.1. The molecule has 2 aromatic heterocycles. The molecule has 4 heterocycles. The fourth-order valence-electron chi connectivity index (χ4n) is 3.59. The Morgan fingerprint density at radius 1 is 1.15 bits per heavy atom. The Morgan fingerprint density at radius 2 is 2.11 bits per heavy atom. The zero-order valence-electron chi connectivity index (χ0n) is 15.1. The summed E-state index contributed by atoms with van der Waals surface area (Å²) >= 11 is 0. The van der Waals surface area contributed by atoms with E-state index >= 15 is 0 Å². The number of ether oxygens (including phenoxy) is 2. The van der Waals surface area contributed by atoms with Crippen LogP contribution in [0.15, 0.2) is 53.8 Å². The Labute approximate surface area is 157 Å². The van der Waals surface area contributed by atoms with E-state index in [4.69, 9.17) is 9.47 Å². The smallest absolute Gasteiger partial charge is 0.221 e. The number of amidine groups is 1. The van der Waals surface area contributed by atoms with E-state index in [1.807, 2.05) is 31.2 Å². The Hall–Kier alpha value is -2.99. The highest BCUT2D eigenvalue weighted by atomic mass is 16.6. The molecule has 0 spiro atoms. The van der Waals surface area contributed by atoms with E-state index < -0.39 is 0 Å². The van der Waals surface area contributed by atoms with Gasteiger partial charge in [-0.2, -0.15) is 0 Å². The number of nitrogens with zero attached hydrogens (tertiary/aromatic N) is 3. The van der Waals surface area contributed by atoms with E-state index in [0.717, 1.165) is 46.6 Å². The van der Waals surface area contributed by atoms with Crippen molar-refractivity contribution in [2.75, 3.05) is 11.9 Å². The Kier molecular flexibility index (Phi) is 3.98. The minimum absolute atomic E-state index is 0.0521. The first-order valence-corrected chi connectivity index (χ1v) is 9.21. The maximum absolute atomic E-state index is 6.13. The molecule has 6 heteroatoms. The van der Waals surface area contributed by atoms with Crippen molar-refractivity contribution >= 4 is 22.3 Å². The van der Waals surface area contributed by atoms with Crippen LogP contribution in [0.4, 0.5) is 5.69 Å². The molecule has 0 aliphatic carbocycles. The quantitative estimate of drug-likeness (QED) is 0.773. The largest absolute Gasteiger partial charge is 0.471 e. The molecular weight excluding hydrogens is 340 g/mol. The zero-order chi connectivity index (χ0) is 18.2. The highest BCUT2D eigenvalue weighted by Gasteiger charge is 2.27. The molecule has 1 fully saturated rings. The van der Waals surface area contributed by atoms with Gasteiger partial charge in [0.15, 0.2) is 5.84 Å². The first kappa shape index (κ1) is 16.2. The first-order valence-electron chi connectivity index (χ1n) is 9.21. The van der Waals surface area contributed by atoms with E-state index in [1.54, 1.807) is 12.4 Å². The fourth-order valence-corrected chi connectivity index (χ4v) is 3.59. The van der Waals surface area contributed by atoms with Crippen LogP contribution in [0.1, 0.15) is 24.6 Å². The average Bonchev–Trinajstić information content (AvgIpc) is 3.28. The number of fused-ring (bicyclic) bond motifs is 2. The van der Waals surface area contributed by atoms with Crippen LogP contribution in [0.2, 0.25) is 0 Å². The van der Waals surface area contributed by atoms with Crippen molar-refractivity contribution in [2.24, 2.45) is 4.99 Å². The Balaban J connectivity index is 1.41. The van der Waals surface area contributed by atoms with Crippen LogP contribution in [0.5, 0.6) is 5.88 Å². The lowest BCUT2D eigenvalue weighted by molar-refractivity contribution is 0.0660. The maximum atomic E-state index is 6.13. The molecule has 0 radical (unpaired) electrons. The van der Waals surface area contributed by atoms with Gasteiger partial charge in [-0.25, -0.2) is 4.98 Å². The van der Waals surface area contributed by atoms with Gasteiger partial charge in [0, 0.05) is 35.5 Å². The van der Waals surface area contributed by atoms with Crippen molar-refractivity contribution in [1.82, 2.24) is 9.97 Å². The van der Waals surface area contributed by atoms with Gasteiger partial charge in [-0.3, -0.25) is 9.98 Å². The summed E-state index contributed by atoms with van der Waals surface area (Å²) in [7, 11) is 0. The summed E-state index contributed by atoms with van der Waals surface area (Å²) in [4.78, 5) is 13.4. The van der Waals surface area contributed by atoms with Crippen molar-refractivity contribution < 1.29 is 9.47 Å². The van der Waals surface area contributed by atoms with E-state index in [0.29, 0.717) is 12.4 Å². The minimum Gasteiger partial charge on any atom is -0.471 e. The molecule has 2 atom stereocenters. The third-order valence-electron chi connectivity index (χ3n) is 5.08. The van der Waals surface area contributed by atoms with Crippen LogP contribution in [-0.2, 0) is 11.3 Å². The van der Waals surface area contributed by atoms with Crippen molar-refractivity contribution in [3.8, 4) is 5.88 Å². The molecule has 5 rings (SSSR count). The predicted octanol–water partition coefficient (Wildman–Crippen LogP) is 3.56. The summed E-state index contributed by atoms with van der Waals surface area (Å²) in [5.74, 6) is 1.47. The minimum atomic E-state index is 0.0521. The summed E-state index contributed by atoms with van der Waals surface area (Å²) < 4.78 is 11.7. The summed E-state index contributed by atoms with van der Waals surface area (Å²) in [6, 6.07) is 12.1. The summed E-state index contributed by atoms with van der Waals surface area (Å²) in [5.41, 5.74) is 3.04. The molecule has 136 valence electrons. The number of pyridine rings is 2. The second kappa shape index (κ2) is 6.63. The van der Waals surface area contributed by atoms with Crippen LogP contribution in [-0.4, -0.2) is 34.6 Å². The molecule has 0 bridgehead atoms. The number of aliphatic imine (C=N–C) groups is 1. The molecule has 1 saturated heterocycles. The molecule has 1 aromatic carbocycles. The van der Waals surface area contributed by atoms with Crippen LogP contribution >= 0.6 is 0 Å². The standard InChI is InChI=1S/C21H20N4O2/c1-13-18(7-10-26-13)27-21-17-5-4-16(11-14(17)6-9-23-21)25-20-19-15(12-24-20)3-2-8-22-19/h2-6,8-9,11,13,18H,7,10,12H2,1H3,(H,24,25)/t13-,18-/m1/s1. The molecule has 6 nitrogen and oxygen atoms in total. The van der Waals surface area contributed by atoms with Gasteiger partial charge >= 0.3 is 0 Å². The Morgan fingerprint density at radius 3 is 3.00 bits per heavy atom. The number of hydrogen-bond acceptors (Lipinski definition) is 6. The van der Waals surface area contributed by atoms with Crippen molar-refractivity contribution in [1.29, 1.82) is 0 Å². The van der Waals surface area contributed by atoms with Crippen LogP contribution < -0.4 is 10.1 Å². The SMILES string of the molecule is C[C@H]1OCC[C@H]1Oc1nccc2cc(NC3=NCc4cccnc43)ccc12. The maximum Gasteiger partial charge on any atom is 0.221 e. The van der Waals surface area contributed by atoms with E-state index in [1.165, 1.54) is 0 Å². The number of anilines is 1. The molecule has 3 aromatic rings. The third kappa shape index (κ3) is 3.02. The molecule has 2 aliphatic rings. The van der Waals surface area contributed by atoms with Gasteiger partial charge in [0.05, 0.1) is 19.3 Å². The monoisotopic (exact) mass is 360 g/mol. The molecule has 27 heavy (non-hydrogen) atoms. The summed E-state index contributed by atoms with van der Waals surface area (Å²) in [6.45, 7) is 3.45. The van der Waals surface area contributed by atoms with E-state index in [2.05, 4.69) is 32.4 Å². The van der Waals surface area contributed by atoms with E-state index in [-0.39, 0.29) is 12.2 Å². The van der Waals surface area contributed by atoms with Crippen LogP contribution in [0.3, 0.4) is 0 Å². The molecule has 1 N–H and O–H groups in total. The van der Waals surface area contributed by atoms with Gasteiger partial charge in [0.2, 0.25) is 5.88 Å². The molecule has 2 aliphatic heterocycles. The summed E-state index contributed by atoms with van der Waals surface area (Å²) in [5, 5.41) is 5.46. The topological polar surface area (TPSA) is 68.6 Å². The van der Waals surface area contributed by atoms with Gasteiger partial charge in [0.25, 0.3) is 0 Å². The van der Waals surface area contributed by atoms with Gasteiger partial charge in [-0.05, 0) is 42.6 Å². The average molecular weight is 360 g/mol. The number of nitrogens with one attached hydrogen (secondary N) is 1. The lowest BCUT2D eigenvalue weighted by Gasteiger charge is -2.17. The highest BCUT2D eigenvalue weighted by molar-refractivity contribution is 6.10. The third-order valence-corrected chi connectivity index (χ3v) is 5.08. The molecule has 0 amide bonds. The van der Waals surface area contributed by atoms with E-state index in [9.17, 15) is 0 Å². The molecule has 0 saturated carbocycles. The predicted molar refractivity (Wildman–Crippen MR) is 104 cm³/mol. The van der Waals surface area contributed by atoms with Gasteiger partial charge < -0.3 is 14.8 Å². The summed E-state index contributed by atoms with van der Waals surface area (Å²) in [6.07, 6.45) is 4.62. The van der Waals surface area contributed by atoms with Crippen LogP contribution in [0.25, 0.3) is 10.8 Å². The van der Waals surface area contributed by atoms with Gasteiger partial charge in [-0.15, -0.1) is 0 Å². The first-order chi connectivity index (χ1) is 13.3.